The van der Waals surface area contributed by atoms with Gasteiger partial charge in [-0.1, -0.05) is 60.1 Å². The van der Waals surface area contributed by atoms with Gasteiger partial charge >= 0.3 is 11.9 Å². The van der Waals surface area contributed by atoms with Gasteiger partial charge in [0.05, 0.1) is 29.7 Å². The number of ether oxygens (including phenoxy) is 7. The molecule has 10 bridgehead atoms. The van der Waals surface area contributed by atoms with Gasteiger partial charge in [0.25, 0.3) is 0 Å². The van der Waals surface area contributed by atoms with Crippen LogP contribution in [0.1, 0.15) is 102 Å². The van der Waals surface area contributed by atoms with Gasteiger partial charge in [-0.2, -0.15) is 0 Å². The second kappa shape index (κ2) is 18.5. The molecule has 3 spiro atoms. The monoisotopic (exact) mass is 1130 g/mol. The molecule has 83 heavy (non-hydrogen) atoms. The highest BCUT2D eigenvalue weighted by Gasteiger charge is 2.80. The fraction of sp³-hybridized carbons (Fsp3) is 0.468. The van der Waals surface area contributed by atoms with E-state index in [1.54, 1.807) is 18.3 Å². The van der Waals surface area contributed by atoms with E-state index in [0.29, 0.717) is 52.7 Å². The number of carbonyl (C=O) groups is 3. The molecule has 4 fully saturated rings. The number of aliphatic carboxylic acids is 1. The molecule has 11 aliphatic rings. The van der Waals surface area contributed by atoms with E-state index >= 15 is 0 Å². The molecule has 3 saturated carbocycles. The molecule has 1 saturated heterocycles. The summed E-state index contributed by atoms with van der Waals surface area (Å²) in [5.41, 5.74) is 2.47. The number of fused-ring (bicyclic) bond motifs is 9. The van der Waals surface area contributed by atoms with E-state index in [1.165, 1.54) is 12.3 Å². The number of H-pyrrole nitrogens is 1. The highest BCUT2D eigenvalue weighted by Crippen LogP contribution is 2.78. The van der Waals surface area contributed by atoms with Crippen molar-refractivity contribution in [2.45, 2.75) is 136 Å². The zero-order valence-electron chi connectivity index (χ0n) is 44.6. The molecule has 10 heterocycles. The van der Waals surface area contributed by atoms with Crippen molar-refractivity contribution in [3.63, 3.8) is 0 Å². The summed E-state index contributed by atoms with van der Waals surface area (Å²) in [5.74, 6) is 5.40. The number of aromatic amines is 1. The summed E-state index contributed by atoms with van der Waals surface area (Å²) in [4.78, 5) is 44.6. The number of nitrogens with one attached hydrogen (secondary N) is 2. The van der Waals surface area contributed by atoms with Crippen molar-refractivity contribution in [1.82, 2.24) is 14.9 Å². The second-order valence-electron chi connectivity index (χ2n) is 24.1. The highest BCUT2D eigenvalue weighted by molar-refractivity contribution is 5.97. The number of nitrogens with zero attached hydrogens (tertiary/aromatic N) is 1. The maximum atomic E-state index is 14.5. The summed E-state index contributed by atoms with van der Waals surface area (Å²) < 4.78 is 49.4. The number of carboxylic acid groups (broad SMARTS) is 1. The van der Waals surface area contributed by atoms with Gasteiger partial charge in [0.15, 0.2) is 35.6 Å². The first kappa shape index (κ1) is 52.2. The third-order valence-electron chi connectivity index (χ3n) is 20.8. The average molecular weight is 1130 g/mol. The Morgan fingerprint density at radius 1 is 0.928 bits per heavy atom. The molecule has 0 radical (unpaired) electrons. The van der Waals surface area contributed by atoms with Gasteiger partial charge in [0, 0.05) is 63.8 Å². The first-order chi connectivity index (χ1) is 40.1. The van der Waals surface area contributed by atoms with E-state index in [1.807, 2.05) is 53.2 Å². The smallest absolute Gasteiger partial charge is 0.333 e. The van der Waals surface area contributed by atoms with E-state index in [-0.39, 0.29) is 74.2 Å². The van der Waals surface area contributed by atoms with E-state index in [4.69, 9.17) is 38.9 Å². The maximum absolute atomic E-state index is 14.5. The van der Waals surface area contributed by atoms with Crippen LogP contribution in [0.15, 0.2) is 79.3 Å². The number of carboxylic acids is 1. The van der Waals surface area contributed by atoms with Crippen molar-refractivity contribution >= 4 is 29.1 Å². The van der Waals surface area contributed by atoms with Crippen LogP contribution in [0.25, 0.3) is 10.9 Å². The first-order valence-electron chi connectivity index (χ1n) is 28.2. The lowest BCUT2D eigenvalue weighted by atomic mass is 9.54. The molecule has 5 aromatic rings. The molecular formula is C62H60N4O17. The molecule has 18 atom stereocenters. The van der Waals surface area contributed by atoms with Crippen molar-refractivity contribution in [3.8, 4) is 52.4 Å². The summed E-state index contributed by atoms with van der Waals surface area (Å²) in [6.07, 6.45) is -3.56. The number of benzene rings is 3. The number of aldehydes is 1. The highest BCUT2D eigenvalue weighted by atomic mass is 16.7. The Kier molecular flexibility index (Phi) is 11.6. The van der Waals surface area contributed by atoms with Gasteiger partial charge < -0.3 is 94.3 Å². The topological polar surface area (TPSA) is 316 Å². The third kappa shape index (κ3) is 6.93. The molecule has 11 N–H and O–H groups in total. The number of aromatic nitrogens is 2. The second-order valence-corrected chi connectivity index (χ2v) is 24.1. The SMILES string of the molecule is N[C@H]1NC=C[C@@]23O[C@H]4Oc5cc6c(c(Cn7cc8cc[nH]c8c7CO)c5[C@H]5CC[C@]7(C#C[C@@H](C(=O)O)C(=O)O[C@H]12)[C@H](C=O)CC[C@@]71CC[C@]5(C1)[C@@]4(O)[C@@H](O)[C@@H]3O)[C@@H]1Oc2c3ccc(OCO)c2OC[C@H](O)C#C[C@@H](c2ccccc2)[C@H](O6)[C@@H]31. The maximum Gasteiger partial charge on any atom is 0.333 e. The van der Waals surface area contributed by atoms with Gasteiger partial charge in [-0.15, -0.1) is 0 Å². The lowest BCUT2D eigenvalue weighted by Gasteiger charge is -2.60. The number of aliphatic hydroxyl groups excluding tert-OH is 5. The predicted octanol–water partition coefficient (Wildman–Crippen LogP) is 2.96. The van der Waals surface area contributed by atoms with Crippen LogP contribution in [-0.4, -0.2) is 131 Å². The zero-order chi connectivity index (χ0) is 57.1. The summed E-state index contributed by atoms with van der Waals surface area (Å²) in [6.45, 7) is -1.37. The van der Waals surface area contributed by atoms with E-state index in [0.717, 1.165) is 17.2 Å². The van der Waals surface area contributed by atoms with Crippen LogP contribution in [-0.2, 0) is 37.0 Å². The van der Waals surface area contributed by atoms with Gasteiger partial charge in [-0.25, -0.2) is 0 Å². The van der Waals surface area contributed by atoms with Gasteiger partial charge in [-0.3, -0.25) is 9.59 Å². The van der Waals surface area contributed by atoms with Crippen molar-refractivity contribution < 1.29 is 83.3 Å². The van der Waals surface area contributed by atoms with Crippen LogP contribution in [0.4, 0.5) is 0 Å². The Morgan fingerprint density at radius 2 is 1.76 bits per heavy atom. The standard InChI is InChI=1S/C62H60N4O17/c63-54-53-61(19-21-65-54)51(71)52(72)62(76)57(83-61)80-41-22-42-44(50-45-35-8-9-40(78-29-69)49(48(35)81-50)77-27-33(70)6-7-34(47(45)79-42)30-4-2-1-3-5-30)37(24-66-23-31-13-20-64-46(31)39(66)26-68)43(41)38-12-16-59(15-11-36(55(73)74)56(75)82-53)32(25-67)10-14-58(59)17-18-60(38,62)28-58/h1-5,8-9,13,19-23,25,32-34,36,38,45,47,50-54,57,64-65,68-72,76H,10,12,14,16-18,24,26-29,63H2,(H,73,74)/t32-,33+,34-,36-,38+,45+,47-,50-,51-,52-,53+,54-,57+,58-,59+,60+,61-,62+/m0/s1. The summed E-state index contributed by atoms with van der Waals surface area (Å²) in [6, 6.07) is 16.6. The largest absolute Gasteiger partial charge is 0.487 e. The molecule has 2 aromatic heterocycles. The molecule has 8 aliphatic heterocycles. The lowest BCUT2D eigenvalue weighted by molar-refractivity contribution is -0.379. The Balaban J connectivity index is 1.04. The minimum Gasteiger partial charge on any atom is -0.487 e. The minimum absolute atomic E-state index is 0.0147. The molecule has 21 nitrogen and oxygen atoms in total. The normalized spacial score (nSPS) is 38.8. The van der Waals surface area contributed by atoms with Crippen molar-refractivity contribution in [1.29, 1.82) is 0 Å². The Labute approximate surface area is 474 Å². The molecule has 21 heteroatoms. The average Bonchev–Trinajstić information content (AvgIpc) is 1.83. The van der Waals surface area contributed by atoms with E-state index in [9.17, 15) is 50.1 Å². The lowest BCUT2D eigenvalue weighted by Crippen LogP contribution is -2.80. The van der Waals surface area contributed by atoms with Crippen molar-refractivity contribution in [2.75, 3.05) is 13.4 Å². The van der Waals surface area contributed by atoms with Crippen molar-refractivity contribution in [2.24, 2.45) is 33.8 Å². The molecular weight excluding hydrogens is 1070 g/mol. The van der Waals surface area contributed by atoms with Crippen LogP contribution >= 0.6 is 0 Å². The number of hydrogen-bond acceptors (Lipinski definition) is 18. The molecule has 16 rings (SSSR count). The molecule has 0 unspecified atom stereocenters. The van der Waals surface area contributed by atoms with Gasteiger partial charge in [-0.05, 0) is 91.8 Å². The molecule has 3 aliphatic carbocycles. The number of carbonyl (C=O) groups excluding carboxylic acids is 2. The third-order valence-corrected chi connectivity index (χ3v) is 20.8. The fourth-order valence-electron chi connectivity index (χ4n) is 17.2. The number of aliphatic hydroxyl groups is 6. The fourth-order valence-corrected chi connectivity index (χ4v) is 17.2. The van der Waals surface area contributed by atoms with Crippen LogP contribution in [0, 0.1) is 51.8 Å². The van der Waals surface area contributed by atoms with Crippen LogP contribution in [0.5, 0.6) is 28.7 Å². The van der Waals surface area contributed by atoms with Crippen LogP contribution in [0.2, 0.25) is 0 Å². The number of nitrogens with two attached hydrogens (primary N) is 1. The number of hydrogen-bond donors (Lipinski definition) is 10. The quantitative estimate of drug-likeness (QED) is 0.0351. The van der Waals surface area contributed by atoms with Crippen LogP contribution < -0.4 is 34.7 Å². The predicted molar refractivity (Wildman–Crippen MR) is 287 cm³/mol. The Morgan fingerprint density at radius 3 is 2.55 bits per heavy atom. The molecule has 3 aromatic carbocycles. The van der Waals surface area contributed by atoms with Crippen molar-refractivity contribution in [3.05, 3.63) is 113 Å². The van der Waals surface area contributed by atoms with E-state index < -0.39 is 125 Å². The summed E-state index contributed by atoms with van der Waals surface area (Å²) in [7, 11) is 0. The van der Waals surface area contributed by atoms with Crippen LogP contribution in [0.3, 0.4) is 0 Å². The first-order valence-corrected chi connectivity index (χ1v) is 28.2. The molecule has 430 valence electrons. The Bertz CT molecular complexity index is 3730. The molecule has 0 amide bonds. The van der Waals surface area contributed by atoms with Gasteiger partial charge in [0.1, 0.15) is 61.1 Å². The zero-order valence-corrected chi connectivity index (χ0v) is 44.6. The summed E-state index contributed by atoms with van der Waals surface area (Å²) >= 11 is 0. The van der Waals surface area contributed by atoms with Gasteiger partial charge in [0.2, 0.25) is 18.0 Å². The van der Waals surface area contributed by atoms with E-state index in [2.05, 4.69) is 34.0 Å². The minimum atomic E-state index is -2.53. The number of esters is 1. The Hall–Kier alpha value is -7.57. The number of rotatable bonds is 8. The summed E-state index contributed by atoms with van der Waals surface area (Å²) in [5, 5.41) is 88.0.